The molecule has 1 aromatic heterocycles. The van der Waals surface area contributed by atoms with E-state index in [9.17, 15) is 8.42 Å². The van der Waals surface area contributed by atoms with Crippen molar-refractivity contribution in [3.05, 3.63) is 35.0 Å². The van der Waals surface area contributed by atoms with E-state index in [1.165, 1.54) is 16.5 Å². The fraction of sp³-hybridized carbons (Fsp3) is 0.385. The summed E-state index contributed by atoms with van der Waals surface area (Å²) >= 11 is 0. The minimum atomic E-state index is -3.94. The third-order valence-electron chi connectivity index (χ3n) is 3.06. The van der Waals surface area contributed by atoms with E-state index in [0.717, 1.165) is 11.1 Å². The lowest BCUT2D eigenvalue weighted by Gasteiger charge is -2.04. The van der Waals surface area contributed by atoms with Crippen LogP contribution in [0, 0.1) is 13.8 Å². The Morgan fingerprint density at radius 1 is 1.32 bits per heavy atom. The molecule has 5 nitrogen and oxygen atoms in total. The smallest absolute Gasteiger partial charge is 0.278 e. The zero-order chi connectivity index (χ0) is 14.0. The Morgan fingerprint density at radius 3 is 2.74 bits per heavy atom. The molecule has 3 N–H and O–H groups in total. The number of aromatic nitrogens is 1. The monoisotopic (exact) mass is 282 g/mol. The molecular formula is C13H18N2O3S. The lowest BCUT2D eigenvalue weighted by Crippen LogP contribution is -2.24. The van der Waals surface area contributed by atoms with Crippen LogP contribution >= 0.6 is 0 Å². The number of hydrogen-bond donors (Lipinski definition) is 3. The molecule has 1 heterocycles. The van der Waals surface area contributed by atoms with Crippen molar-refractivity contribution < 1.29 is 13.0 Å². The van der Waals surface area contributed by atoms with Gasteiger partial charge in [-0.15, -0.1) is 0 Å². The first kappa shape index (κ1) is 14.0. The second kappa shape index (κ2) is 5.32. The molecule has 0 amide bonds. The SMILES string of the molecule is Cc1cc(C)c2c(CCNCS(=O)(=O)O)c[nH]c2c1. The molecule has 0 atom stereocenters. The van der Waals surface area contributed by atoms with Crippen LogP contribution in [0.4, 0.5) is 0 Å². The highest BCUT2D eigenvalue weighted by atomic mass is 32.2. The van der Waals surface area contributed by atoms with E-state index in [1.54, 1.807) is 0 Å². The fourth-order valence-electron chi connectivity index (χ4n) is 2.37. The predicted molar refractivity (Wildman–Crippen MR) is 75.9 cm³/mol. The zero-order valence-electron chi connectivity index (χ0n) is 11.0. The van der Waals surface area contributed by atoms with Crippen LogP contribution in [0.1, 0.15) is 16.7 Å². The van der Waals surface area contributed by atoms with E-state index < -0.39 is 16.0 Å². The summed E-state index contributed by atoms with van der Waals surface area (Å²) < 4.78 is 29.8. The van der Waals surface area contributed by atoms with Crippen LogP contribution in [0.25, 0.3) is 10.9 Å². The molecule has 0 saturated carbocycles. The molecule has 0 aliphatic rings. The van der Waals surface area contributed by atoms with Gasteiger partial charge in [-0.05, 0) is 43.0 Å². The number of rotatable bonds is 5. The molecule has 2 aromatic rings. The van der Waals surface area contributed by atoms with Crippen LogP contribution in [-0.4, -0.2) is 30.4 Å². The van der Waals surface area contributed by atoms with Crippen molar-refractivity contribution in [1.82, 2.24) is 10.3 Å². The van der Waals surface area contributed by atoms with Gasteiger partial charge in [0.25, 0.3) is 10.1 Å². The van der Waals surface area contributed by atoms with Gasteiger partial charge >= 0.3 is 0 Å². The first-order valence-corrected chi connectivity index (χ1v) is 7.71. The van der Waals surface area contributed by atoms with Gasteiger partial charge in [0.2, 0.25) is 0 Å². The first-order valence-electron chi connectivity index (χ1n) is 6.10. The van der Waals surface area contributed by atoms with E-state index in [0.29, 0.717) is 13.0 Å². The molecule has 0 fully saturated rings. The standard InChI is InChI=1S/C13H18N2O3S/c1-9-5-10(2)13-11(7-15-12(13)6-9)3-4-14-8-19(16,17)18/h5-7,14-15H,3-4,8H2,1-2H3,(H,16,17,18). The van der Waals surface area contributed by atoms with Crippen LogP contribution in [0.2, 0.25) is 0 Å². The van der Waals surface area contributed by atoms with E-state index >= 15 is 0 Å². The maximum atomic E-state index is 10.6. The van der Waals surface area contributed by atoms with Gasteiger partial charge in [-0.3, -0.25) is 4.55 Å². The summed E-state index contributed by atoms with van der Waals surface area (Å²) in [4.78, 5) is 3.23. The van der Waals surface area contributed by atoms with Crippen molar-refractivity contribution in [2.24, 2.45) is 0 Å². The van der Waals surface area contributed by atoms with Crippen molar-refractivity contribution in [2.75, 3.05) is 12.4 Å². The van der Waals surface area contributed by atoms with E-state index in [1.807, 2.05) is 6.20 Å². The zero-order valence-corrected chi connectivity index (χ0v) is 11.8. The van der Waals surface area contributed by atoms with Gasteiger partial charge in [0.1, 0.15) is 5.88 Å². The van der Waals surface area contributed by atoms with Gasteiger partial charge in [-0.2, -0.15) is 8.42 Å². The highest BCUT2D eigenvalue weighted by molar-refractivity contribution is 7.85. The maximum Gasteiger partial charge on any atom is 0.278 e. The Morgan fingerprint density at radius 2 is 2.05 bits per heavy atom. The lowest BCUT2D eigenvalue weighted by molar-refractivity contribution is 0.476. The summed E-state index contributed by atoms with van der Waals surface area (Å²) in [6.45, 7) is 4.62. The third kappa shape index (κ3) is 3.56. The van der Waals surface area contributed by atoms with Crippen LogP contribution < -0.4 is 5.32 Å². The quantitative estimate of drug-likeness (QED) is 0.576. The van der Waals surface area contributed by atoms with Crippen LogP contribution in [0.3, 0.4) is 0 Å². The molecule has 6 heteroatoms. The number of H-pyrrole nitrogens is 1. The molecule has 0 aliphatic carbocycles. The summed E-state index contributed by atoms with van der Waals surface area (Å²) in [5, 5.41) is 3.90. The second-order valence-corrected chi connectivity index (χ2v) is 6.25. The summed E-state index contributed by atoms with van der Waals surface area (Å²) in [6, 6.07) is 4.22. The van der Waals surface area contributed by atoms with Gasteiger partial charge in [-0.25, -0.2) is 0 Å². The summed E-state index contributed by atoms with van der Waals surface area (Å²) in [5.74, 6) is -0.409. The number of benzene rings is 1. The van der Waals surface area contributed by atoms with Crippen LogP contribution in [-0.2, 0) is 16.5 Å². The molecule has 0 aliphatic heterocycles. The van der Waals surface area contributed by atoms with Crippen molar-refractivity contribution in [3.8, 4) is 0 Å². The molecule has 0 bridgehead atoms. The molecule has 0 saturated heterocycles. The van der Waals surface area contributed by atoms with Crippen molar-refractivity contribution >= 4 is 21.0 Å². The number of aromatic amines is 1. The average Bonchev–Trinajstić information content (AvgIpc) is 2.66. The number of hydrogen-bond acceptors (Lipinski definition) is 3. The topological polar surface area (TPSA) is 82.2 Å². The minimum Gasteiger partial charge on any atom is -0.361 e. The Bertz CT molecular complexity index is 689. The number of fused-ring (bicyclic) bond motifs is 1. The average molecular weight is 282 g/mol. The summed E-state index contributed by atoms with van der Waals surface area (Å²) in [7, 11) is -3.94. The van der Waals surface area contributed by atoms with E-state index in [2.05, 4.69) is 36.3 Å². The molecule has 2 rings (SSSR count). The third-order valence-corrected chi connectivity index (χ3v) is 3.63. The molecule has 19 heavy (non-hydrogen) atoms. The second-order valence-electron chi connectivity index (χ2n) is 4.79. The van der Waals surface area contributed by atoms with Crippen molar-refractivity contribution in [3.63, 3.8) is 0 Å². The van der Waals surface area contributed by atoms with Gasteiger partial charge in [0.15, 0.2) is 0 Å². The Kier molecular flexibility index (Phi) is 3.93. The van der Waals surface area contributed by atoms with Gasteiger partial charge in [-0.1, -0.05) is 6.07 Å². The van der Waals surface area contributed by atoms with E-state index in [-0.39, 0.29) is 0 Å². The Hall–Kier alpha value is -1.37. The van der Waals surface area contributed by atoms with Gasteiger partial charge in [0.05, 0.1) is 0 Å². The Balaban J connectivity index is 2.10. The molecule has 104 valence electrons. The highest BCUT2D eigenvalue weighted by Gasteiger charge is 2.08. The molecule has 0 radical (unpaired) electrons. The summed E-state index contributed by atoms with van der Waals surface area (Å²) in [5.41, 5.74) is 4.67. The predicted octanol–water partition coefficient (Wildman–Crippen LogP) is 1.76. The van der Waals surface area contributed by atoms with Crippen molar-refractivity contribution in [2.45, 2.75) is 20.3 Å². The van der Waals surface area contributed by atoms with Crippen LogP contribution in [0.5, 0.6) is 0 Å². The highest BCUT2D eigenvalue weighted by Crippen LogP contribution is 2.24. The van der Waals surface area contributed by atoms with Crippen LogP contribution in [0.15, 0.2) is 18.3 Å². The number of nitrogens with one attached hydrogen (secondary N) is 2. The first-order chi connectivity index (χ1) is 8.87. The normalized spacial score (nSPS) is 12.2. The number of aryl methyl sites for hydroxylation is 2. The van der Waals surface area contributed by atoms with Gasteiger partial charge < -0.3 is 10.3 Å². The Labute approximate surface area is 112 Å². The van der Waals surface area contributed by atoms with Crippen molar-refractivity contribution in [1.29, 1.82) is 0 Å². The largest absolute Gasteiger partial charge is 0.361 e. The maximum absolute atomic E-state index is 10.6. The lowest BCUT2D eigenvalue weighted by atomic mass is 10.0. The molecule has 0 spiro atoms. The summed E-state index contributed by atoms with van der Waals surface area (Å²) in [6.07, 6.45) is 2.66. The fourth-order valence-corrected chi connectivity index (χ4v) is 2.77. The van der Waals surface area contributed by atoms with Gasteiger partial charge in [0, 0.05) is 23.6 Å². The molecule has 1 aromatic carbocycles. The molecule has 0 unspecified atom stereocenters. The molecular weight excluding hydrogens is 264 g/mol. The minimum absolute atomic E-state index is 0.409. The van der Waals surface area contributed by atoms with E-state index in [4.69, 9.17) is 4.55 Å².